The highest BCUT2D eigenvalue weighted by molar-refractivity contribution is 7.98. The molecule has 2 heterocycles. The van der Waals surface area contributed by atoms with E-state index in [1.165, 1.54) is 17.8 Å². The molecule has 0 saturated heterocycles. The van der Waals surface area contributed by atoms with Crippen molar-refractivity contribution in [2.75, 3.05) is 23.9 Å². The Hall–Kier alpha value is -2.10. The lowest BCUT2D eigenvalue weighted by Gasteiger charge is -2.13. The van der Waals surface area contributed by atoms with Crippen LogP contribution in [0, 0.1) is 5.92 Å². The molecule has 1 saturated carbocycles. The van der Waals surface area contributed by atoms with E-state index in [1.54, 1.807) is 12.3 Å². The van der Waals surface area contributed by atoms with Gasteiger partial charge >= 0.3 is 0 Å². The highest BCUT2D eigenvalue weighted by Crippen LogP contribution is 2.53. The number of halogens is 2. The smallest absolute Gasteiger partial charge is 0.273 e. The maximum Gasteiger partial charge on any atom is 0.273 e. The topological polar surface area (TPSA) is 109 Å². The van der Waals surface area contributed by atoms with Crippen molar-refractivity contribution in [3.63, 3.8) is 0 Å². The summed E-state index contributed by atoms with van der Waals surface area (Å²) in [4.78, 5) is 29.6. The molecule has 0 bridgehead atoms. The van der Waals surface area contributed by atoms with Gasteiger partial charge in [-0.15, -0.1) is 45.2 Å². The highest BCUT2D eigenvalue weighted by Gasteiger charge is 2.56. The molecule has 1 fully saturated rings. The number of anilines is 3. The van der Waals surface area contributed by atoms with Gasteiger partial charge in [0, 0.05) is 28.2 Å². The molecular formula is C16H16Cl2N6O2S. The molecule has 0 aliphatic heterocycles. The van der Waals surface area contributed by atoms with Gasteiger partial charge in [-0.25, -0.2) is 4.98 Å². The zero-order valence-corrected chi connectivity index (χ0v) is 16.2. The fourth-order valence-corrected chi connectivity index (χ4v) is 3.28. The fourth-order valence-electron chi connectivity index (χ4n) is 2.26. The second kappa shape index (κ2) is 7.87. The van der Waals surface area contributed by atoms with Gasteiger partial charge in [-0.05, 0) is 24.8 Å². The minimum Gasteiger partial charge on any atom is -0.354 e. The number of carbonyl (C=O) groups is 2. The Morgan fingerprint density at radius 3 is 2.85 bits per heavy atom. The zero-order chi connectivity index (χ0) is 22.1. The molecule has 3 N–H and O–H groups in total. The van der Waals surface area contributed by atoms with E-state index in [0.717, 1.165) is 4.90 Å². The van der Waals surface area contributed by atoms with Crippen molar-refractivity contribution >= 4 is 64.1 Å². The van der Waals surface area contributed by atoms with E-state index in [4.69, 9.17) is 27.3 Å². The summed E-state index contributed by atoms with van der Waals surface area (Å²) in [5, 5.41) is 14.9. The summed E-state index contributed by atoms with van der Waals surface area (Å²) < 4.78 is 20.6. The number of aromatic nitrogens is 3. The van der Waals surface area contributed by atoms with Crippen molar-refractivity contribution in [1.82, 2.24) is 20.5 Å². The van der Waals surface area contributed by atoms with Crippen LogP contribution in [0.2, 0.25) is 0 Å². The number of nitrogens with one attached hydrogen (secondary N) is 3. The molecule has 142 valence electrons. The first kappa shape index (κ1) is 15.9. The normalized spacial score (nSPS) is 19.2. The van der Waals surface area contributed by atoms with Gasteiger partial charge in [0.25, 0.3) is 5.91 Å². The zero-order valence-electron chi connectivity index (χ0n) is 16.9. The van der Waals surface area contributed by atoms with E-state index in [-0.39, 0.29) is 17.2 Å². The van der Waals surface area contributed by atoms with Crippen molar-refractivity contribution in [2.45, 2.75) is 15.6 Å². The average molecular weight is 430 g/mol. The van der Waals surface area contributed by atoms with E-state index >= 15 is 0 Å². The number of hydrogen-bond donors (Lipinski definition) is 3. The van der Waals surface area contributed by atoms with Gasteiger partial charge in [-0.3, -0.25) is 9.59 Å². The lowest BCUT2D eigenvalue weighted by Crippen LogP contribution is -2.23. The molecule has 1 unspecified atom stereocenters. The predicted octanol–water partition coefficient (Wildman–Crippen LogP) is 2.83. The molecule has 11 heteroatoms. The third kappa shape index (κ3) is 4.42. The van der Waals surface area contributed by atoms with Crippen LogP contribution in [0.1, 0.15) is 21.0 Å². The van der Waals surface area contributed by atoms with Crippen LogP contribution in [-0.4, -0.2) is 44.6 Å². The molecule has 0 aromatic carbocycles. The van der Waals surface area contributed by atoms with Crippen LogP contribution in [0.5, 0.6) is 0 Å². The van der Waals surface area contributed by atoms with Crippen LogP contribution in [0.15, 0.2) is 29.3 Å². The van der Waals surface area contributed by atoms with Crippen molar-refractivity contribution < 1.29 is 13.7 Å². The first-order chi connectivity index (χ1) is 14.0. The summed E-state index contributed by atoms with van der Waals surface area (Å²) in [6, 6.07) is 4.91. The predicted molar refractivity (Wildman–Crippen MR) is 106 cm³/mol. The van der Waals surface area contributed by atoms with Crippen LogP contribution in [0.3, 0.4) is 0 Å². The number of rotatable bonds is 6. The molecule has 1 aliphatic carbocycles. The van der Waals surface area contributed by atoms with Crippen LogP contribution in [0.25, 0.3) is 0 Å². The average Bonchev–Trinajstić information content (AvgIpc) is 3.29. The quantitative estimate of drug-likeness (QED) is 0.478. The van der Waals surface area contributed by atoms with Crippen molar-refractivity contribution in [2.24, 2.45) is 5.92 Å². The Bertz CT molecular complexity index is 992. The standard InChI is InChI=1S/C16H16Cl2N6O2S/c1-19-15(26)12-9(21-13-10(27-2)4-3-5-20-13)6-11(23-24-12)22-14(25)8-7-16(8,17)18/h3-6,8H,7H2,1-2H3,(H,19,26)(H2,20,21,22,23,25)/i1D3. The van der Waals surface area contributed by atoms with Crippen LogP contribution in [0.4, 0.5) is 17.3 Å². The number of pyridine rings is 1. The molecule has 2 aromatic heterocycles. The van der Waals surface area contributed by atoms with Crippen LogP contribution >= 0.6 is 35.0 Å². The summed E-state index contributed by atoms with van der Waals surface area (Å²) in [5.41, 5.74) is -0.174. The Morgan fingerprint density at radius 1 is 1.41 bits per heavy atom. The third-order valence-electron chi connectivity index (χ3n) is 3.76. The second-order valence-corrected chi connectivity index (χ2v) is 8.02. The number of carbonyl (C=O) groups excluding carboxylic acids is 2. The highest BCUT2D eigenvalue weighted by atomic mass is 35.5. The maximum atomic E-state index is 12.4. The number of alkyl halides is 2. The van der Waals surface area contributed by atoms with E-state index < -0.39 is 29.0 Å². The SMILES string of the molecule is [2H]C([2H])([2H])NC(=O)c1nnc(NC(=O)C2CC2(Cl)Cl)cc1Nc1ncccc1SC. The van der Waals surface area contributed by atoms with Gasteiger partial charge in [-0.1, -0.05) is 0 Å². The van der Waals surface area contributed by atoms with E-state index in [9.17, 15) is 9.59 Å². The number of thioether (sulfide) groups is 1. The minimum atomic E-state index is -2.71. The van der Waals surface area contributed by atoms with Gasteiger partial charge in [-0.2, -0.15) is 0 Å². The van der Waals surface area contributed by atoms with E-state index in [0.29, 0.717) is 12.2 Å². The molecular weight excluding hydrogens is 411 g/mol. The van der Waals surface area contributed by atoms with Crippen molar-refractivity contribution in [3.05, 3.63) is 30.1 Å². The Labute approximate surface area is 174 Å². The van der Waals surface area contributed by atoms with Gasteiger partial charge in [0.2, 0.25) is 5.91 Å². The van der Waals surface area contributed by atoms with Crippen LogP contribution in [-0.2, 0) is 4.79 Å². The summed E-state index contributed by atoms with van der Waals surface area (Å²) >= 11 is 13.2. The Balaban J connectivity index is 1.92. The molecule has 27 heavy (non-hydrogen) atoms. The van der Waals surface area contributed by atoms with Crippen LogP contribution < -0.4 is 16.0 Å². The van der Waals surface area contributed by atoms with Gasteiger partial charge in [0.05, 0.1) is 11.6 Å². The molecule has 3 rings (SSSR count). The van der Waals surface area contributed by atoms with E-state index in [1.807, 2.05) is 17.6 Å². The summed E-state index contributed by atoms with van der Waals surface area (Å²) in [5.74, 6) is -1.54. The second-order valence-electron chi connectivity index (χ2n) is 5.63. The Morgan fingerprint density at radius 2 is 2.19 bits per heavy atom. The fraction of sp³-hybridized carbons (Fsp3) is 0.312. The number of amides is 2. The monoisotopic (exact) mass is 429 g/mol. The molecule has 1 aliphatic rings. The molecule has 1 atom stereocenters. The third-order valence-corrected chi connectivity index (χ3v) is 5.36. The molecule has 0 radical (unpaired) electrons. The Kier molecular flexibility index (Phi) is 4.64. The van der Waals surface area contributed by atoms with Gasteiger partial charge in [0.1, 0.15) is 10.2 Å². The first-order valence-electron chi connectivity index (χ1n) is 9.15. The maximum absolute atomic E-state index is 12.4. The van der Waals surface area contributed by atoms with Gasteiger partial charge < -0.3 is 16.0 Å². The number of nitrogens with zero attached hydrogens (tertiary/aromatic N) is 3. The summed E-state index contributed by atoms with van der Waals surface area (Å²) in [6.07, 6.45) is 3.71. The lowest BCUT2D eigenvalue weighted by atomic mass is 10.2. The molecule has 8 nitrogen and oxygen atoms in total. The van der Waals surface area contributed by atoms with E-state index in [2.05, 4.69) is 25.8 Å². The molecule has 2 aromatic rings. The van der Waals surface area contributed by atoms with Crippen molar-refractivity contribution in [1.29, 1.82) is 0 Å². The first-order valence-corrected chi connectivity index (χ1v) is 9.63. The largest absolute Gasteiger partial charge is 0.354 e. The molecule has 0 spiro atoms. The minimum absolute atomic E-state index is 0.0330. The summed E-state index contributed by atoms with van der Waals surface area (Å²) in [6.45, 7) is -2.71. The molecule has 2 amide bonds. The lowest BCUT2D eigenvalue weighted by molar-refractivity contribution is -0.117. The van der Waals surface area contributed by atoms with Crippen molar-refractivity contribution in [3.8, 4) is 0 Å². The summed E-state index contributed by atoms with van der Waals surface area (Å²) in [7, 11) is 0. The number of hydrogen-bond acceptors (Lipinski definition) is 7. The van der Waals surface area contributed by atoms with Gasteiger partial charge in [0.15, 0.2) is 11.5 Å².